The Kier molecular flexibility index (Phi) is 8.84. The molecule has 3 aromatic rings. The summed E-state index contributed by atoms with van der Waals surface area (Å²) in [4.78, 5) is 28.7. The fraction of sp³-hybridized carbons (Fsp3) is 0.484. The van der Waals surface area contributed by atoms with Gasteiger partial charge < -0.3 is 29.6 Å². The van der Waals surface area contributed by atoms with E-state index in [-0.39, 0.29) is 30.2 Å². The maximum Gasteiger partial charge on any atom is 0.227 e. The SMILES string of the molecule is COCCCn1cc(CN(C(=O)[C@@H]2CNC[C@H](NC(=O)Cc3cccc(OC)c3)C2)C2CC2)c2ccccc21. The van der Waals surface area contributed by atoms with Crippen molar-refractivity contribution in [3.05, 3.63) is 65.9 Å². The van der Waals surface area contributed by atoms with E-state index in [1.54, 1.807) is 14.2 Å². The first kappa shape index (κ1) is 27.2. The molecule has 8 heteroatoms. The van der Waals surface area contributed by atoms with Crippen molar-refractivity contribution in [3.8, 4) is 5.75 Å². The van der Waals surface area contributed by atoms with Crippen molar-refractivity contribution < 1.29 is 19.1 Å². The van der Waals surface area contributed by atoms with Crippen LogP contribution in [0, 0.1) is 5.92 Å². The van der Waals surface area contributed by atoms with Crippen LogP contribution in [0.15, 0.2) is 54.7 Å². The van der Waals surface area contributed by atoms with E-state index in [0.717, 1.165) is 43.7 Å². The smallest absolute Gasteiger partial charge is 0.227 e. The first-order chi connectivity index (χ1) is 19.1. The standard InChI is InChI=1S/C31H40N4O4/c1-38-14-6-13-34-20-24(28-9-3-4-10-29(28)34)21-35(26-11-12-26)31(37)23-17-25(19-32-18-23)33-30(36)16-22-7-5-8-27(15-22)39-2/h3-5,7-10,15,20,23,25-26,32H,6,11-14,16-19,21H2,1-2H3,(H,33,36)/t23-,25+/m0/s1. The van der Waals surface area contributed by atoms with Crippen molar-refractivity contribution in [2.75, 3.05) is 33.9 Å². The summed E-state index contributed by atoms with van der Waals surface area (Å²) in [5.74, 6) is 0.733. The highest BCUT2D eigenvalue weighted by Gasteiger charge is 2.38. The minimum absolute atomic E-state index is 0.0384. The number of aromatic nitrogens is 1. The summed E-state index contributed by atoms with van der Waals surface area (Å²) < 4.78 is 12.8. The van der Waals surface area contributed by atoms with Crippen LogP contribution in [0.25, 0.3) is 10.9 Å². The summed E-state index contributed by atoms with van der Waals surface area (Å²) in [7, 11) is 3.35. The Morgan fingerprint density at radius 3 is 2.74 bits per heavy atom. The third-order valence-corrected chi connectivity index (χ3v) is 7.79. The zero-order chi connectivity index (χ0) is 27.2. The van der Waals surface area contributed by atoms with Crippen molar-refractivity contribution >= 4 is 22.7 Å². The van der Waals surface area contributed by atoms with Crippen LogP contribution in [0.4, 0.5) is 0 Å². The topological polar surface area (TPSA) is 84.8 Å². The molecule has 1 saturated carbocycles. The molecule has 39 heavy (non-hydrogen) atoms. The number of amides is 2. The lowest BCUT2D eigenvalue weighted by Gasteiger charge is -2.34. The summed E-state index contributed by atoms with van der Waals surface area (Å²) in [6, 6.07) is 16.2. The van der Waals surface area contributed by atoms with Gasteiger partial charge in [-0.05, 0) is 55.0 Å². The molecule has 0 bridgehead atoms. The summed E-state index contributed by atoms with van der Waals surface area (Å²) >= 11 is 0. The molecular formula is C31H40N4O4. The van der Waals surface area contributed by atoms with Crippen LogP contribution in [0.1, 0.15) is 36.8 Å². The number of carbonyl (C=O) groups excluding carboxylic acids is 2. The highest BCUT2D eigenvalue weighted by atomic mass is 16.5. The lowest BCUT2D eigenvalue weighted by molar-refractivity contribution is -0.138. The highest BCUT2D eigenvalue weighted by Crippen LogP contribution is 2.33. The van der Waals surface area contributed by atoms with Crippen LogP contribution in [-0.2, 0) is 33.8 Å². The second kappa shape index (κ2) is 12.7. The van der Waals surface area contributed by atoms with Crippen molar-refractivity contribution in [2.45, 2.75) is 57.3 Å². The normalized spacial score (nSPS) is 19.1. The van der Waals surface area contributed by atoms with Gasteiger partial charge in [-0.1, -0.05) is 30.3 Å². The molecule has 1 aromatic heterocycles. The number of methoxy groups -OCH3 is 2. The summed E-state index contributed by atoms with van der Waals surface area (Å²) in [5, 5.41) is 7.75. The lowest BCUT2D eigenvalue weighted by atomic mass is 9.93. The molecule has 1 aliphatic heterocycles. The Morgan fingerprint density at radius 1 is 1.10 bits per heavy atom. The van der Waals surface area contributed by atoms with E-state index in [1.165, 1.54) is 16.5 Å². The van der Waals surface area contributed by atoms with Crippen molar-refractivity contribution in [2.24, 2.45) is 5.92 Å². The number of nitrogens with one attached hydrogen (secondary N) is 2. The first-order valence-corrected chi connectivity index (χ1v) is 14.0. The molecule has 2 amide bonds. The van der Waals surface area contributed by atoms with Crippen LogP contribution in [0.5, 0.6) is 5.75 Å². The van der Waals surface area contributed by atoms with Gasteiger partial charge in [0.15, 0.2) is 0 Å². The van der Waals surface area contributed by atoms with Gasteiger partial charge in [-0.3, -0.25) is 9.59 Å². The Morgan fingerprint density at radius 2 is 1.95 bits per heavy atom. The number of para-hydroxylation sites is 1. The fourth-order valence-corrected chi connectivity index (χ4v) is 5.69. The van der Waals surface area contributed by atoms with Crippen LogP contribution in [0.3, 0.4) is 0 Å². The van der Waals surface area contributed by atoms with Crippen LogP contribution in [-0.4, -0.2) is 67.3 Å². The van der Waals surface area contributed by atoms with Gasteiger partial charge in [-0.25, -0.2) is 0 Å². The number of fused-ring (bicyclic) bond motifs is 1. The van der Waals surface area contributed by atoms with Gasteiger partial charge >= 0.3 is 0 Å². The molecule has 2 heterocycles. The highest BCUT2D eigenvalue weighted by molar-refractivity contribution is 5.85. The summed E-state index contributed by atoms with van der Waals surface area (Å²) in [6.07, 6.45) is 6.20. The molecule has 1 aliphatic carbocycles. The lowest BCUT2D eigenvalue weighted by Crippen LogP contribution is -2.53. The number of hydrogen-bond donors (Lipinski definition) is 2. The van der Waals surface area contributed by atoms with Crippen molar-refractivity contribution in [3.63, 3.8) is 0 Å². The predicted molar refractivity (Wildman–Crippen MR) is 152 cm³/mol. The largest absolute Gasteiger partial charge is 0.497 e. The number of carbonyl (C=O) groups is 2. The average Bonchev–Trinajstić information content (AvgIpc) is 3.74. The predicted octanol–water partition coefficient (Wildman–Crippen LogP) is 3.51. The zero-order valence-electron chi connectivity index (χ0n) is 23.0. The molecule has 0 unspecified atom stereocenters. The summed E-state index contributed by atoms with van der Waals surface area (Å²) in [6.45, 7) is 3.54. The average molecular weight is 533 g/mol. The quantitative estimate of drug-likeness (QED) is 0.349. The third-order valence-electron chi connectivity index (χ3n) is 7.79. The molecule has 2 atom stereocenters. The number of piperidine rings is 1. The van der Waals surface area contributed by atoms with Crippen molar-refractivity contribution in [1.29, 1.82) is 0 Å². The minimum Gasteiger partial charge on any atom is -0.497 e. The van der Waals surface area contributed by atoms with E-state index in [1.807, 2.05) is 24.3 Å². The Balaban J connectivity index is 1.24. The van der Waals surface area contributed by atoms with Gasteiger partial charge in [0, 0.05) is 69.1 Å². The molecule has 2 fully saturated rings. The molecule has 8 nitrogen and oxygen atoms in total. The van der Waals surface area contributed by atoms with Crippen LogP contribution in [0.2, 0.25) is 0 Å². The molecule has 5 rings (SSSR count). The van der Waals surface area contributed by atoms with Crippen LogP contribution < -0.4 is 15.4 Å². The number of benzene rings is 2. The molecule has 2 N–H and O–H groups in total. The number of aryl methyl sites for hydroxylation is 1. The molecule has 1 saturated heterocycles. The van der Waals surface area contributed by atoms with Gasteiger partial charge in [0.2, 0.25) is 11.8 Å². The molecule has 208 valence electrons. The van der Waals surface area contributed by atoms with Gasteiger partial charge in [-0.15, -0.1) is 0 Å². The number of hydrogen-bond acceptors (Lipinski definition) is 5. The van der Waals surface area contributed by atoms with Gasteiger partial charge in [0.05, 0.1) is 19.4 Å². The molecular weight excluding hydrogens is 492 g/mol. The van der Waals surface area contributed by atoms with Crippen molar-refractivity contribution in [1.82, 2.24) is 20.1 Å². The Labute approximate surface area is 230 Å². The van der Waals surface area contributed by atoms with E-state index in [0.29, 0.717) is 32.1 Å². The minimum atomic E-state index is -0.156. The third kappa shape index (κ3) is 6.81. The van der Waals surface area contributed by atoms with E-state index < -0.39 is 0 Å². The summed E-state index contributed by atoms with van der Waals surface area (Å²) in [5.41, 5.74) is 3.30. The monoisotopic (exact) mass is 532 g/mol. The van der Waals surface area contributed by atoms with Gasteiger partial charge in [0.1, 0.15) is 5.75 Å². The molecule has 0 spiro atoms. The number of ether oxygens (including phenoxy) is 2. The molecule has 2 aromatic carbocycles. The second-order valence-corrected chi connectivity index (χ2v) is 10.8. The molecule has 2 aliphatic rings. The fourth-order valence-electron chi connectivity index (χ4n) is 5.69. The van der Waals surface area contributed by atoms with E-state index in [4.69, 9.17) is 9.47 Å². The molecule has 0 radical (unpaired) electrons. The zero-order valence-corrected chi connectivity index (χ0v) is 23.0. The van der Waals surface area contributed by atoms with Gasteiger partial charge in [-0.2, -0.15) is 0 Å². The Hall–Kier alpha value is -3.36. The Bertz CT molecular complexity index is 1280. The van der Waals surface area contributed by atoms with Gasteiger partial charge in [0.25, 0.3) is 0 Å². The maximum atomic E-state index is 13.9. The van der Waals surface area contributed by atoms with Crippen LogP contribution >= 0.6 is 0 Å². The van der Waals surface area contributed by atoms with E-state index in [2.05, 4.69) is 50.6 Å². The van der Waals surface area contributed by atoms with E-state index >= 15 is 0 Å². The van der Waals surface area contributed by atoms with E-state index in [9.17, 15) is 9.59 Å². The number of nitrogens with zero attached hydrogens (tertiary/aromatic N) is 2. The second-order valence-electron chi connectivity index (χ2n) is 10.8. The first-order valence-electron chi connectivity index (χ1n) is 14.0. The number of rotatable bonds is 12. The maximum absolute atomic E-state index is 13.9.